The fourth-order valence-electron chi connectivity index (χ4n) is 14.6. The van der Waals surface area contributed by atoms with Crippen molar-refractivity contribution < 1.29 is 14.4 Å². The Kier molecular flexibility index (Phi) is 29.8. The van der Waals surface area contributed by atoms with Gasteiger partial charge in [-0.25, -0.2) is 0 Å². The summed E-state index contributed by atoms with van der Waals surface area (Å²) in [6.45, 7) is 52.4. The molecule has 0 spiro atoms. The van der Waals surface area contributed by atoms with Gasteiger partial charge in [-0.2, -0.15) is 0 Å². The summed E-state index contributed by atoms with van der Waals surface area (Å²) in [6.07, 6.45) is 25.7. The van der Waals surface area contributed by atoms with Crippen molar-refractivity contribution >= 4 is 39.5 Å². The average molecular weight is 1010 g/mol. The minimum absolute atomic E-state index is 0.131. The van der Waals surface area contributed by atoms with E-state index in [1.165, 1.54) is 113 Å². The first-order chi connectivity index (χ1) is 31.0. The standard InChI is InChI=1S/C57H123N4O3P3/c1-22-37-65(38-23-2,39-24-3)55(16,17)46-52(10,11)49(62)58-31-34-61(35-32-59-50(63)53(12,13)47-56(18,19)66(40-25-4,41-26-5)42-27-6)36-33-60-51(64)54(14,15)48-57(20,21)67(43-28-7,44-29-8)45-30-9/h65-67H,22-48H2,1-21H3,(H,58,62)(H,59,63)(H,60,64). The molecular formula is C57H123N4O3P3. The molecule has 0 aromatic carbocycles. The summed E-state index contributed by atoms with van der Waals surface area (Å²) < 4.78 is 0. The van der Waals surface area contributed by atoms with E-state index < -0.39 is 38.0 Å². The van der Waals surface area contributed by atoms with Crippen LogP contribution < -0.4 is 16.0 Å². The van der Waals surface area contributed by atoms with Gasteiger partial charge in [0.15, 0.2) is 0 Å². The molecule has 0 saturated carbocycles. The van der Waals surface area contributed by atoms with E-state index in [1.54, 1.807) is 0 Å². The first-order valence-electron chi connectivity index (χ1n) is 28.5. The van der Waals surface area contributed by atoms with Crippen LogP contribution in [0.4, 0.5) is 0 Å². The summed E-state index contributed by atoms with van der Waals surface area (Å²) in [7, 11) is -4.88. The summed E-state index contributed by atoms with van der Waals surface area (Å²) in [5.74, 6) is 0.392. The molecular weight excluding hydrogens is 882 g/mol. The van der Waals surface area contributed by atoms with E-state index in [0.717, 1.165) is 19.3 Å². The molecule has 0 heterocycles. The molecule has 404 valence electrons. The maximum atomic E-state index is 14.1. The van der Waals surface area contributed by atoms with Crippen molar-refractivity contribution in [2.75, 3.05) is 94.7 Å². The van der Waals surface area contributed by atoms with Gasteiger partial charge in [-0.15, -0.1) is 0 Å². The minimum atomic E-state index is -1.63. The average Bonchev–Trinajstić information content (AvgIpc) is 3.20. The fourth-order valence-corrected chi connectivity index (χ4v) is 34.0. The maximum absolute atomic E-state index is 14.1. The SMILES string of the molecule is CCC[PH](CCC)(CCC)C(C)(C)CC(C)(C)C(=O)NCCN(CCNC(=O)C(C)(C)CC(C)(C)[PH](CCC)(CCC)CCC)CCNC(=O)C(C)(C)CC(C)(C)[PH](CCC)(CCC)CCC. The van der Waals surface area contributed by atoms with Gasteiger partial charge in [0.25, 0.3) is 0 Å². The van der Waals surface area contributed by atoms with Crippen molar-refractivity contribution in [3.63, 3.8) is 0 Å². The van der Waals surface area contributed by atoms with Crippen molar-refractivity contribution in [2.45, 2.75) is 238 Å². The second kappa shape index (κ2) is 30.0. The van der Waals surface area contributed by atoms with Crippen molar-refractivity contribution in [2.24, 2.45) is 16.2 Å². The number of nitrogens with zero attached hydrogens (tertiary/aromatic N) is 1. The zero-order valence-electron chi connectivity index (χ0n) is 49.3. The molecule has 0 unspecified atom stereocenters. The molecule has 3 amide bonds. The third-order valence-corrected chi connectivity index (χ3v) is 39.8. The van der Waals surface area contributed by atoms with E-state index in [0.29, 0.717) is 39.3 Å². The van der Waals surface area contributed by atoms with E-state index >= 15 is 0 Å². The number of rotatable bonds is 39. The molecule has 0 bridgehead atoms. The van der Waals surface area contributed by atoms with Crippen molar-refractivity contribution in [1.29, 1.82) is 0 Å². The number of hydrogen-bond donors (Lipinski definition) is 3. The zero-order valence-corrected chi connectivity index (χ0v) is 52.3. The van der Waals surface area contributed by atoms with Crippen LogP contribution in [0.3, 0.4) is 0 Å². The summed E-state index contributed by atoms with van der Waals surface area (Å²) in [6, 6.07) is 0. The number of carbonyl (C=O) groups is 3. The molecule has 0 aliphatic heterocycles. The Balaban J connectivity index is 6.37. The van der Waals surface area contributed by atoms with Crippen LogP contribution >= 0.6 is 21.8 Å². The van der Waals surface area contributed by atoms with Gasteiger partial charge in [0, 0.05) is 0 Å². The van der Waals surface area contributed by atoms with Crippen LogP contribution in [0.5, 0.6) is 0 Å². The molecule has 0 atom stereocenters. The first-order valence-corrected chi connectivity index (χ1v) is 36.4. The van der Waals surface area contributed by atoms with Gasteiger partial charge >= 0.3 is 424 Å². The van der Waals surface area contributed by atoms with Gasteiger partial charge in [0.2, 0.25) is 0 Å². The fraction of sp³-hybridized carbons (Fsp3) is 0.947. The number of amides is 3. The number of carbonyl (C=O) groups excluding carboxylic acids is 3. The molecule has 0 aromatic heterocycles. The third-order valence-electron chi connectivity index (χ3n) is 17.5. The second-order valence-corrected chi connectivity index (χ2v) is 42.3. The molecule has 7 nitrogen and oxygen atoms in total. The summed E-state index contributed by atoms with van der Waals surface area (Å²) in [4.78, 5) is 44.8. The van der Waals surface area contributed by atoms with Crippen LogP contribution in [0.25, 0.3) is 0 Å². The Hall–Kier alpha value is -0.340. The van der Waals surface area contributed by atoms with E-state index in [1.807, 2.05) is 0 Å². The van der Waals surface area contributed by atoms with Crippen LogP contribution in [-0.2, 0) is 14.4 Å². The Morgan fingerprint density at radius 3 is 0.642 bits per heavy atom. The molecule has 0 saturated heterocycles. The zero-order chi connectivity index (χ0) is 52.0. The van der Waals surface area contributed by atoms with Gasteiger partial charge in [-0.05, 0) is 0 Å². The van der Waals surface area contributed by atoms with Gasteiger partial charge in [0.1, 0.15) is 0 Å². The molecule has 3 N–H and O–H groups in total. The van der Waals surface area contributed by atoms with E-state index in [9.17, 15) is 14.4 Å². The van der Waals surface area contributed by atoms with Crippen molar-refractivity contribution in [3.8, 4) is 0 Å². The van der Waals surface area contributed by atoms with Crippen LogP contribution in [0.15, 0.2) is 0 Å². The number of hydrogen-bond acceptors (Lipinski definition) is 4. The van der Waals surface area contributed by atoms with Crippen molar-refractivity contribution in [1.82, 2.24) is 20.9 Å². The molecule has 0 aliphatic carbocycles. The third kappa shape index (κ3) is 19.6. The molecule has 0 aromatic rings. The molecule has 0 rings (SSSR count). The summed E-state index contributed by atoms with van der Waals surface area (Å²) >= 11 is 0. The van der Waals surface area contributed by atoms with Gasteiger partial charge in [0.05, 0.1) is 0 Å². The quantitative estimate of drug-likeness (QED) is 0.0535. The summed E-state index contributed by atoms with van der Waals surface area (Å²) in [5, 5.41) is 10.6. The Labute approximate surface area is 421 Å². The first kappa shape index (κ1) is 66.7. The van der Waals surface area contributed by atoms with Gasteiger partial charge < -0.3 is 0 Å². The van der Waals surface area contributed by atoms with Crippen LogP contribution in [0, 0.1) is 16.2 Å². The Morgan fingerprint density at radius 2 is 0.493 bits per heavy atom. The van der Waals surface area contributed by atoms with Gasteiger partial charge in [-0.3, -0.25) is 0 Å². The Bertz CT molecular complexity index is 1210. The van der Waals surface area contributed by atoms with Crippen LogP contribution in [-0.4, -0.2) is 133 Å². The van der Waals surface area contributed by atoms with E-state index in [4.69, 9.17) is 0 Å². The molecule has 0 radical (unpaired) electrons. The molecule has 67 heavy (non-hydrogen) atoms. The monoisotopic (exact) mass is 1000 g/mol. The molecule has 10 heteroatoms. The van der Waals surface area contributed by atoms with E-state index in [-0.39, 0.29) is 33.2 Å². The number of nitrogens with one attached hydrogen (secondary N) is 3. The van der Waals surface area contributed by atoms with Crippen LogP contribution in [0.2, 0.25) is 0 Å². The topological polar surface area (TPSA) is 90.5 Å². The van der Waals surface area contributed by atoms with Crippen LogP contribution in [0.1, 0.15) is 222 Å². The second-order valence-electron chi connectivity index (χ2n) is 26.0. The Morgan fingerprint density at radius 1 is 0.328 bits per heavy atom. The van der Waals surface area contributed by atoms with E-state index in [2.05, 4.69) is 166 Å². The predicted molar refractivity (Wildman–Crippen MR) is 314 cm³/mol. The van der Waals surface area contributed by atoms with Gasteiger partial charge in [-0.1, -0.05) is 0 Å². The summed E-state index contributed by atoms with van der Waals surface area (Å²) in [5.41, 5.74) is -1.46. The predicted octanol–water partition coefficient (Wildman–Crippen LogP) is 14.2. The molecule has 0 aliphatic rings. The normalized spacial score (nSPS) is 14.6. The van der Waals surface area contributed by atoms with Crippen molar-refractivity contribution in [3.05, 3.63) is 0 Å². The molecule has 0 fully saturated rings.